The van der Waals surface area contributed by atoms with Crippen molar-refractivity contribution in [2.24, 2.45) is 11.8 Å². The SMILES string of the molecule is CCCC[Si](C)(C)C(C)(CC)O[Si](C)(C)C(CC)(CC)O[Si](C)(C)CC(C)C1CC=C(C)CC1. The highest BCUT2D eigenvalue weighted by Crippen LogP contribution is 2.44. The highest BCUT2D eigenvalue weighted by molar-refractivity contribution is 6.82. The van der Waals surface area contributed by atoms with E-state index in [0.29, 0.717) is 0 Å². The Morgan fingerprint density at radius 2 is 1.56 bits per heavy atom. The molecule has 3 atom stereocenters. The van der Waals surface area contributed by atoms with Crippen molar-refractivity contribution < 1.29 is 8.85 Å². The smallest absolute Gasteiger partial charge is 0.217 e. The fraction of sp³-hybridized carbons (Fsp3) is 0.931. The van der Waals surface area contributed by atoms with Gasteiger partial charge in [-0.25, -0.2) is 0 Å². The van der Waals surface area contributed by atoms with E-state index in [1.807, 2.05) is 0 Å². The standard InChI is InChI=1S/C29H62O2Si3/c1-14-18-23-32(8,9)28(7,15-2)30-34(12,13)29(16-3,17-4)31-33(10,11)24-26(6)27-21-19-25(5)20-22-27/h19,26-27H,14-18,20-24H2,1-13H3. The van der Waals surface area contributed by atoms with Gasteiger partial charge in [0.15, 0.2) is 8.32 Å². The van der Waals surface area contributed by atoms with Crippen LogP contribution in [0.25, 0.3) is 0 Å². The van der Waals surface area contributed by atoms with Gasteiger partial charge in [-0.3, -0.25) is 0 Å². The Bertz CT molecular complexity index is 652. The summed E-state index contributed by atoms with van der Waals surface area (Å²) in [4.78, 5) is 0. The summed E-state index contributed by atoms with van der Waals surface area (Å²) in [5.41, 5.74) is 1.58. The molecule has 0 aromatic heterocycles. The minimum Gasteiger partial charge on any atom is -0.412 e. The Kier molecular flexibility index (Phi) is 12.1. The number of allylic oxidation sites excluding steroid dienone is 2. The minimum absolute atomic E-state index is 0.0160. The van der Waals surface area contributed by atoms with Crippen LogP contribution in [0.3, 0.4) is 0 Å². The Balaban J connectivity index is 3.13. The first-order valence-electron chi connectivity index (χ1n) is 14.6. The second-order valence-electron chi connectivity index (χ2n) is 13.5. The van der Waals surface area contributed by atoms with Crippen LogP contribution >= 0.6 is 0 Å². The molecular weight excluding hydrogens is 465 g/mol. The normalized spacial score (nSPS) is 21.2. The molecule has 0 aromatic rings. The molecular formula is C29H62O2Si3. The van der Waals surface area contributed by atoms with E-state index >= 15 is 0 Å². The van der Waals surface area contributed by atoms with Gasteiger partial charge in [-0.2, -0.15) is 0 Å². The molecule has 0 fully saturated rings. The van der Waals surface area contributed by atoms with E-state index in [9.17, 15) is 0 Å². The quantitative estimate of drug-likeness (QED) is 0.156. The van der Waals surface area contributed by atoms with E-state index in [2.05, 4.69) is 93.8 Å². The van der Waals surface area contributed by atoms with Crippen LogP contribution in [-0.4, -0.2) is 35.2 Å². The monoisotopic (exact) mass is 526 g/mol. The molecule has 1 rings (SSSR count). The van der Waals surface area contributed by atoms with E-state index < -0.39 is 24.7 Å². The molecule has 34 heavy (non-hydrogen) atoms. The van der Waals surface area contributed by atoms with Crippen LogP contribution in [0.2, 0.25) is 51.4 Å². The van der Waals surface area contributed by atoms with Gasteiger partial charge in [-0.05, 0) is 96.4 Å². The summed E-state index contributed by atoms with van der Waals surface area (Å²) >= 11 is 0. The Labute approximate surface area is 218 Å². The van der Waals surface area contributed by atoms with Gasteiger partial charge in [0.2, 0.25) is 8.32 Å². The van der Waals surface area contributed by atoms with Crippen molar-refractivity contribution in [3.05, 3.63) is 11.6 Å². The maximum atomic E-state index is 7.45. The molecule has 3 unspecified atom stereocenters. The summed E-state index contributed by atoms with van der Waals surface area (Å²) < 4.78 is 14.9. The van der Waals surface area contributed by atoms with Crippen LogP contribution in [0.1, 0.15) is 99.8 Å². The third-order valence-corrected chi connectivity index (χ3v) is 21.6. The van der Waals surface area contributed by atoms with Gasteiger partial charge in [-0.15, -0.1) is 0 Å². The van der Waals surface area contributed by atoms with Crippen molar-refractivity contribution in [3.63, 3.8) is 0 Å². The fourth-order valence-electron chi connectivity index (χ4n) is 6.61. The van der Waals surface area contributed by atoms with Gasteiger partial charge in [0, 0.05) is 5.22 Å². The van der Waals surface area contributed by atoms with Gasteiger partial charge in [-0.1, -0.05) is 78.2 Å². The lowest BCUT2D eigenvalue weighted by atomic mass is 9.83. The first-order chi connectivity index (χ1) is 15.5. The molecule has 0 saturated carbocycles. The van der Waals surface area contributed by atoms with Crippen molar-refractivity contribution in [3.8, 4) is 0 Å². The topological polar surface area (TPSA) is 18.5 Å². The molecule has 0 radical (unpaired) electrons. The zero-order valence-corrected chi connectivity index (χ0v) is 28.6. The largest absolute Gasteiger partial charge is 0.412 e. The molecule has 0 bridgehead atoms. The van der Waals surface area contributed by atoms with Crippen molar-refractivity contribution in [2.75, 3.05) is 0 Å². The van der Waals surface area contributed by atoms with E-state index in [0.717, 1.165) is 31.1 Å². The van der Waals surface area contributed by atoms with Crippen molar-refractivity contribution in [2.45, 2.75) is 162 Å². The van der Waals surface area contributed by atoms with Crippen molar-refractivity contribution >= 4 is 24.7 Å². The molecule has 0 heterocycles. The Morgan fingerprint density at radius 1 is 0.971 bits per heavy atom. The van der Waals surface area contributed by atoms with Crippen LogP contribution in [0.4, 0.5) is 0 Å². The summed E-state index contributed by atoms with van der Waals surface area (Å²) in [6.07, 6.45) is 12.2. The first-order valence-corrected chi connectivity index (χ1v) is 23.8. The van der Waals surface area contributed by atoms with Crippen LogP contribution in [0.5, 0.6) is 0 Å². The van der Waals surface area contributed by atoms with Gasteiger partial charge < -0.3 is 8.85 Å². The second-order valence-corrected chi connectivity index (χ2v) is 27.1. The molecule has 0 saturated heterocycles. The number of unbranched alkanes of at least 4 members (excludes halogenated alkanes) is 1. The highest BCUT2D eigenvalue weighted by atomic mass is 28.4. The van der Waals surface area contributed by atoms with Crippen LogP contribution in [0, 0.1) is 11.8 Å². The minimum atomic E-state index is -2.16. The van der Waals surface area contributed by atoms with Gasteiger partial charge in [0.05, 0.1) is 13.3 Å². The molecule has 5 heteroatoms. The van der Waals surface area contributed by atoms with E-state index in [1.54, 1.807) is 5.57 Å². The van der Waals surface area contributed by atoms with E-state index in [1.165, 1.54) is 44.2 Å². The van der Waals surface area contributed by atoms with Crippen molar-refractivity contribution in [1.82, 2.24) is 0 Å². The van der Waals surface area contributed by atoms with Crippen LogP contribution in [-0.2, 0) is 8.85 Å². The van der Waals surface area contributed by atoms with Gasteiger partial charge in [0.1, 0.15) is 0 Å². The van der Waals surface area contributed by atoms with Crippen molar-refractivity contribution in [1.29, 1.82) is 0 Å². The highest BCUT2D eigenvalue weighted by Gasteiger charge is 2.55. The predicted molar refractivity (Wildman–Crippen MR) is 161 cm³/mol. The third-order valence-electron chi connectivity index (χ3n) is 9.75. The molecule has 202 valence electrons. The molecule has 2 nitrogen and oxygen atoms in total. The number of hydrogen-bond donors (Lipinski definition) is 0. The number of hydrogen-bond acceptors (Lipinski definition) is 2. The molecule has 0 spiro atoms. The molecule has 1 aliphatic rings. The lowest BCUT2D eigenvalue weighted by Crippen LogP contribution is -2.67. The maximum Gasteiger partial charge on any atom is 0.217 e. The van der Waals surface area contributed by atoms with Gasteiger partial charge >= 0.3 is 0 Å². The molecule has 1 aliphatic carbocycles. The predicted octanol–water partition coefficient (Wildman–Crippen LogP) is 10.1. The van der Waals surface area contributed by atoms with Crippen LogP contribution < -0.4 is 0 Å². The summed E-state index contributed by atoms with van der Waals surface area (Å²) in [5, 5.41) is -0.0840. The second kappa shape index (κ2) is 12.7. The molecule has 0 aliphatic heterocycles. The van der Waals surface area contributed by atoms with E-state index in [4.69, 9.17) is 8.85 Å². The summed E-state index contributed by atoms with van der Waals surface area (Å²) in [6, 6.07) is 2.62. The fourth-order valence-corrected chi connectivity index (χ4v) is 19.5. The lowest BCUT2D eigenvalue weighted by molar-refractivity contribution is 0.0603. The Hall–Kier alpha value is 0.311. The lowest BCUT2D eigenvalue weighted by Gasteiger charge is -2.54. The molecule has 0 aromatic carbocycles. The number of rotatable bonds is 15. The summed E-state index contributed by atoms with van der Waals surface area (Å²) in [5.74, 6) is 1.57. The molecule has 0 amide bonds. The third kappa shape index (κ3) is 7.90. The zero-order valence-electron chi connectivity index (χ0n) is 25.6. The summed E-state index contributed by atoms with van der Waals surface area (Å²) in [7, 11) is -5.56. The van der Waals surface area contributed by atoms with Gasteiger partial charge in [0.25, 0.3) is 0 Å². The van der Waals surface area contributed by atoms with Crippen LogP contribution in [0.15, 0.2) is 11.6 Å². The van der Waals surface area contributed by atoms with E-state index in [-0.39, 0.29) is 10.4 Å². The first kappa shape index (κ1) is 32.3. The maximum absolute atomic E-state index is 7.45. The zero-order chi connectivity index (χ0) is 26.4. The average molecular weight is 527 g/mol. The Morgan fingerprint density at radius 3 is 2.00 bits per heavy atom. The average Bonchev–Trinajstić information content (AvgIpc) is 2.75. The molecule has 0 N–H and O–H groups in total. The summed E-state index contributed by atoms with van der Waals surface area (Å²) in [6.45, 7) is 31.7.